The smallest absolute Gasteiger partial charge is 0.0130 e. The summed E-state index contributed by atoms with van der Waals surface area (Å²) in [7, 11) is 0. The van der Waals surface area contributed by atoms with Gasteiger partial charge in [0.1, 0.15) is 0 Å². The van der Waals surface area contributed by atoms with Gasteiger partial charge in [-0.1, -0.05) is 18.2 Å². The highest BCUT2D eigenvalue weighted by Crippen LogP contribution is 2.50. The molecule has 0 nitrogen and oxygen atoms in total. The molecule has 0 aromatic rings. The lowest BCUT2D eigenvalue weighted by Gasteiger charge is -2.21. The quantitative estimate of drug-likeness (QED) is 0.437. The summed E-state index contributed by atoms with van der Waals surface area (Å²) in [5.74, 6) is 0.866. The second-order valence-corrected chi connectivity index (χ2v) is 2.76. The molecule has 1 unspecified atom stereocenters. The van der Waals surface area contributed by atoms with Crippen LogP contribution < -0.4 is 0 Å². The first-order valence-electron chi connectivity index (χ1n) is 3.07. The molecule has 0 radical (unpaired) electrons. The van der Waals surface area contributed by atoms with E-state index in [0.29, 0.717) is 0 Å². The largest absolute Gasteiger partial charge is 0.0551 e. The molecule has 3 aliphatic carbocycles. The SMILES string of the molecule is C1=C2C=C3C=C1C3C2. The van der Waals surface area contributed by atoms with Gasteiger partial charge in [-0.25, -0.2) is 0 Å². The van der Waals surface area contributed by atoms with E-state index >= 15 is 0 Å². The van der Waals surface area contributed by atoms with E-state index in [0.717, 1.165) is 5.92 Å². The van der Waals surface area contributed by atoms with Crippen LogP contribution >= 0.6 is 0 Å². The molecule has 0 heteroatoms. The Morgan fingerprint density at radius 3 is 2.25 bits per heavy atom. The van der Waals surface area contributed by atoms with E-state index in [1.54, 1.807) is 16.7 Å². The Kier molecular flexibility index (Phi) is 0.301. The summed E-state index contributed by atoms with van der Waals surface area (Å²) in [5, 5.41) is 0. The molecule has 0 aliphatic heterocycles. The van der Waals surface area contributed by atoms with Gasteiger partial charge < -0.3 is 0 Å². The van der Waals surface area contributed by atoms with E-state index in [2.05, 4.69) is 18.2 Å². The Hall–Kier alpha value is -0.780. The maximum absolute atomic E-state index is 2.32. The van der Waals surface area contributed by atoms with Crippen LogP contribution in [0.3, 0.4) is 0 Å². The fourth-order valence-electron chi connectivity index (χ4n) is 1.83. The topological polar surface area (TPSA) is 0 Å². The average molecular weight is 102 g/mol. The first-order chi connectivity index (χ1) is 3.93. The Bertz CT molecular complexity index is 231. The molecule has 0 aromatic heterocycles. The molecule has 0 heterocycles. The van der Waals surface area contributed by atoms with Crippen molar-refractivity contribution in [1.29, 1.82) is 0 Å². The van der Waals surface area contributed by atoms with E-state index in [1.165, 1.54) is 6.42 Å². The zero-order valence-electron chi connectivity index (χ0n) is 4.52. The van der Waals surface area contributed by atoms with Crippen LogP contribution in [0.15, 0.2) is 34.9 Å². The van der Waals surface area contributed by atoms with E-state index in [1.807, 2.05) is 0 Å². The second kappa shape index (κ2) is 0.732. The molecule has 1 atom stereocenters. The summed E-state index contributed by atoms with van der Waals surface area (Å²) < 4.78 is 0. The van der Waals surface area contributed by atoms with Crippen molar-refractivity contribution < 1.29 is 0 Å². The van der Waals surface area contributed by atoms with Crippen molar-refractivity contribution in [3.05, 3.63) is 34.9 Å². The molecule has 3 rings (SSSR count). The zero-order valence-corrected chi connectivity index (χ0v) is 4.52. The molecule has 0 aromatic carbocycles. The Morgan fingerprint density at radius 2 is 2.00 bits per heavy atom. The number of hydrogen-bond acceptors (Lipinski definition) is 0. The summed E-state index contributed by atoms with van der Waals surface area (Å²) in [6.07, 6.45) is 8.25. The highest BCUT2D eigenvalue weighted by atomic mass is 14.4. The third-order valence-corrected chi connectivity index (χ3v) is 2.28. The van der Waals surface area contributed by atoms with Crippen molar-refractivity contribution in [3.63, 3.8) is 0 Å². The highest BCUT2D eigenvalue weighted by Gasteiger charge is 2.35. The number of fused-ring (bicyclic) bond motifs is 1. The van der Waals surface area contributed by atoms with E-state index < -0.39 is 0 Å². The predicted octanol–water partition coefficient (Wildman–Crippen LogP) is 1.81. The molecule has 8 heavy (non-hydrogen) atoms. The minimum Gasteiger partial charge on any atom is -0.0551 e. The summed E-state index contributed by atoms with van der Waals surface area (Å²) in [6.45, 7) is 0. The van der Waals surface area contributed by atoms with Crippen LogP contribution in [0.5, 0.6) is 0 Å². The first-order valence-corrected chi connectivity index (χ1v) is 3.07. The van der Waals surface area contributed by atoms with Crippen LogP contribution in [-0.4, -0.2) is 0 Å². The van der Waals surface area contributed by atoms with Gasteiger partial charge in [0.2, 0.25) is 0 Å². The highest BCUT2D eigenvalue weighted by molar-refractivity contribution is 5.63. The standard InChI is InChI=1S/C8H6/c1-5-2-7-4-6(1)8(7)3-5/h1-2,4,8H,3H2. The summed E-state index contributed by atoms with van der Waals surface area (Å²) in [6, 6.07) is 0. The molecule has 2 bridgehead atoms. The molecular weight excluding hydrogens is 96.1 g/mol. The van der Waals surface area contributed by atoms with Crippen LogP contribution in [0, 0.1) is 5.92 Å². The number of hydrogen-bond donors (Lipinski definition) is 0. The van der Waals surface area contributed by atoms with Crippen molar-refractivity contribution in [2.24, 2.45) is 5.92 Å². The van der Waals surface area contributed by atoms with Gasteiger partial charge in [-0.15, -0.1) is 0 Å². The van der Waals surface area contributed by atoms with E-state index in [-0.39, 0.29) is 0 Å². The normalized spacial score (nSPS) is 36.0. The first kappa shape index (κ1) is 3.29. The lowest BCUT2D eigenvalue weighted by molar-refractivity contribution is 0.767. The molecular formula is C8H6. The van der Waals surface area contributed by atoms with Crippen LogP contribution in [0.2, 0.25) is 0 Å². The molecule has 0 saturated heterocycles. The fourth-order valence-corrected chi connectivity index (χ4v) is 1.83. The van der Waals surface area contributed by atoms with Crippen LogP contribution in [0.1, 0.15) is 6.42 Å². The Balaban J connectivity index is 2.50. The third kappa shape index (κ3) is 0.172. The van der Waals surface area contributed by atoms with E-state index in [9.17, 15) is 0 Å². The molecule has 0 spiro atoms. The van der Waals surface area contributed by atoms with Crippen molar-refractivity contribution in [1.82, 2.24) is 0 Å². The molecule has 3 aliphatic rings. The van der Waals surface area contributed by atoms with Crippen molar-refractivity contribution in [2.75, 3.05) is 0 Å². The molecule has 0 N–H and O–H groups in total. The molecule has 0 amide bonds. The second-order valence-electron chi connectivity index (χ2n) is 2.76. The number of rotatable bonds is 0. The van der Waals surface area contributed by atoms with Crippen molar-refractivity contribution >= 4 is 0 Å². The lowest BCUT2D eigenvalue weighted by atomic mass is 9.83. The summed E-state index contributed by atoms with van der Waals surface area (Å²) in [4.78, 5) is 0. The van der Waals surface area contributed by atoms with Gasteiger partial charge in [-0.3, -0.25) is 0 Å². The Labute approximate surface area is 48.2 Å². The number of allylic oxidation sites excluding steroid dienone is 6. The monoisotopic (exact) mass is 102 g/mol. The average Bonchev–Trinajstić information content (AvgIpc) is 2.23. The van der Waals surface area contributed by atoms with Gasteiger partial charge in [0.25, 0.3) is 0 Å². The van der Waals surface area contributed by atoms with Crippen LogP contribution in [0.4, 0.5) is 0 Å². The maximum Gasteiger partial charge on any atom is 0.0130 e. The van der Waals surface area contributed by atoms with Gasteiger partial charge in [0.15, 0.2) is 0 Å². The van der Waals surface area contributed by atoms with Crippen LogP contribution in [0.25, 0.3) is 0 Å². The lowest BCUT2D eigenvalue weighted by Crippen LogP contribution is -2.07. The molecule has 0 saturated carbocycles. The maximum atomic E-state index is 2.32. The summed E-state index contributed by atoms with van der Waals surface area (Å²) >= 11 is 0. The van der Waals surface area contributed by atoms with Crippen LogP contribution in [-0.2, 0) is 0 Å². The van der Waals surface area contributed by atoms with Gasteiger partial charge in [0.05, 0.1) is 0 Å². The van der Waals surface area contributed by atoms with Gasteiger partial charge >= 0.3 is 0 Å². The van der Waals surface area contributed by atoms with Gasteiger partial charge in [0, 0.05) is 5.92 Å². The molecule has 38 valence electrons. The van der Waals surface area contributed by atoms with Gasteiger partial charge in [-0.05, 0) is 23.1 Å². The Morgan fingerprint density at radius 1 is 1.12 bits per heavy atom. The third-order valence-electron chi connectivity index (χ3n) is 2.28. The van der Waals surface area contributed by atoms with Gasteiger partial charge in [-0.2, -0.15) is 0 Å². The fraction of sp³-hybridized carbons (Fsp3) is 0.250. The minimum atomic E-state index is 0.866. The van der Waals surface area contributed by atoms with Crippen molar-refractivity contribution in [3.8, 4) is 0 Å². The van der Waals surface area contributed by atoms with E-state index in [4.69, 9.17) is 0 Å². The zero-order chi connectivity index (χ0) is 5.14. The molecule has 0 fully saturated rings. The minimum absolute atomic E-state index is 0.866. The van der Waals surface area contributed by atoms with Crippen molar-refractivity contribution in [2.45, 2.75) is 6.42 Å². The summed E-state index contributed by atoms with van der Waals surface area (Å²) in [5.41, 5.74) is 4.72. The predicted molar refractivity (Wildman–Crippen MR) is 32.4 cm³/mol.